The van der Waals surface area contributed by atoms with Gasteiger partial charge in [0.1, 0.15) is 0 Å². The topological polar surface area (TPSA) is 85.3 Å². The Kier molecular flexibility index (Phi) is 2.90. The average Bonchev–Trinajstić information content (AvgIpc) is 3.23. The number of carboxylic acid groups (broad SMARTS) is 1. The molecule has 112 valence electrons. The highest BCUT2D eigenvalue weighted by Gasteiger charge is 2.09. The normalized spacial score (nSPS) is 11.0. The molecule has 0 aliphatic carbocycles. The second-order valence-corrected chi connectivity index (χ2v) is 4.98. The number of carbonyl (C=O) groups is 1. The highest BCUT2D eigenvalue weighted by atomic mass is 16.4. The van der Waals surface area contributed by atoms with Crippen LogP contribution in [0, 0.1) is 0 Å². The maximum atomic E-state index is 11.0. The van der Waals surface area contributed by atoms with E-state index in [1.165, 1.54) is 16.8 Å². The third-order valence-electron chi connectivity index (χ3n) is 3.51. The van der Waals surface area contributed by atoms with Crippen molar-refractivity contribution in [1.29, 1.82) is 0 Å². The minimum atomic E-state index is -0.992. The number of aromatic carboxylic acids is 1. The van der Waals surface area contributed by atoms with E-state index in [2.05, 4.69) is 15.1 Å². The Balaban J connectivity index is 1.72. The fourth-order valence-corrected chi connectivity index (χ4v) is 2.33. The van der Waals surface area contributed by atoms with Crippen LogP contribution in [0.3, 0.4) is 0 Å². The van der Waals surface area contributed by atoms with Crippen LogP contribution < -0.4 is 0 Å². The summed E-state index contributed by atoms with van der Waals surface area (Å²) < 4.78 is 3.38. The number of imidazole rings is 1. The number of fused-ring (bicyclic) bond motifs is 1. The number of hydrogen-bond donors (Lipinski definition) is 1. The molecule has 23 heavy (non-hydrogen) atoms. The number of rotatable bonds is 3. The van der Waals surface area contributed by atoms with Gasteiger partial charge in [-0.25, -0.2) is 19.3 Å². The molecule has 3 aromatic heterocycles. The first-order valence-corrected chi connectivity index (χ1v) is 6.89. The Morgan fingerprint density at radius 2 is 1.91 bits per heavy atom. The van der Waals surface area contributed by atoms with Gasteiger partial charge in [-0.1, -0.05) is 0 Å². The monoisotopic (exact) mass is 305 g/mol. The average molecular weight is 305 g/mol. The molecular formula is C16H11N5O2. The molecule has 1 aromatic carbocycles. The summed E-state index contributed by atoms with van der Waals surface area (Å²) in [5.41, 5.74) is 2.62. The van der Waals surface area contributed by atoms with Gasteiger partial charge in [0.25, 0.3) is 0 Å². The van der Waals surface area contributed by atoms with Crippen molar-refractivity contribution in [3.8, 4) is 17.1 Å². The SMILES string of the molecule is O=C(O)c1ccc2nc(-c3ccc(-n4ccnc4)cc3)nn2c1. The summed E-state index contributed by atoms with van der Waals surface area (Å²) in [5.74, 6) is -0.446. The lowest BCUT2D eigenvalue weighted by Gasteiger charge is -2.02. The van der Waals surface area contributed by atoms with E-state index in [4.69, 9.17) is 5.11 Å². The lowest BCUT2D eigenvalue weighted by Crippen LogP contribution is -1.99. The van der Waals surface area contributed by atoms with Crippen LogP contribution >= 0.6 is 0 Å². The van der Waals surface area contributed by atoms with Crippen molar-refractivity contribution in [2.45, 2.75) is 0 Å². The molecule has 1 N–H and O–H groups in total. The van der Waals surface area contributed by atoms with Crippen LogP contribution in [0.1, 0.15) is 10.4 Å². The number of pyridine rings is 1. The first kappa shape index (κ1) is 13.2. The Morgan fingerprint density at radius 3 is 2.61 bits per heavy atom. The van der Waals surface area contributed by atoms with Crippen molar-refractivity contribution in [2.75, 3.05) is 0 Å². The van der Waals surface area contributed by atoms with Crippen molar-refractivity contribution in [3.63, 3.8) is 0 Å². The number of benzene rings is 1. The summed E-state index contributed by atoms with van der Waals surface area (Å²) in [6, 6.07) is 10.9. The van der Waals surface area contributed by atoms with Gasteiger partial charge in [0, 0.05) is 29.8 Å². The number of carboxylic acids is 1. The molecular weight excluding hydrogens is 294 g/mol. The first-order valence-electron chi connectivity index (χ1n) is 6.89. The molecule has 0 aliphatic heterocycles. The summed E-state index contributed by atoms with van der Waals surface area (Å²) in [6.45, 7) is 0. The van der Waals surface area contributed by atoms with Crippen LogP contribution in [0.2, 0.25) is 0 Å². The summed E-state index contributed by atoms with van der Waals surface area (Å²) in [5, 5.41) is 13.4. The Bertz CT molecular complexity index is 987. The van der Waals surface area contributed by atoms with Gasteiger partial charge < -0.3 is 9.67 Å². The quantitative estimate of drug-likeness (QED) is 0.627. The molecule has 0 radical (unpaired) electrons. The molecule has 0 saturated carbocycles. The predicted octanol–water partition coefficient (Wildman–Crippen LogP) is 2.28. The van der Waals surface area contributed by atoms with Gasteiger partial charge >= 0.3 is 5.97 Å². The summed E-state index contributed by atoms with van der Waals surface area (Å²) in [7, 11) is 0. The van der Waals surface area contributed by atoms with Crippen molar-refractivity contribution >= 4 is 11.6 Å². The minimum absolute atomic E-state index is 0.171. The molecule has 7 nitrogen and oxygen atoms in total. The van der Waals surface area contributed by atoms with E-state index >= 15 is 0 Å². The number of aromatic nitrogens is 5. The largest absolute Gasteiger partial charge is 0.478 e. The van der Waals surface area contributed by atoms with E-state index in [1.807, 2.05) is 35.0 Å². The molecule has 0 atom stereocenters. The molecule has 4 rings (SSSR count). The lowest BCUT2D eigenvalue weighted by atomic mass is 10.2. The Labute approximate surface area is 130 Å². The summed E-state index contributed by atoms with van der Waals surface area (Å²) in [6.07, 6.45) is 6.77. The third kappa shape index (κ3) is 2.34. The molecule has 0 spiro atoms. The Morgan fingerprint density at radius 1 is 1.09 bits per heavy atom. The zero-order chi connectivity index (χ0) is 15.8. The summed E-state index contributed by atoms with van der Waals surface area (Å²) in [4.78, 5) is 19.4. The van der Waals surface area contributed by atoms with E-state index in [9.17, 15) is 4.79 Å². The smallest absolute Gasteiger partial charge is 0.337 e. The first-order chi connectivity index (χ1) is 11.2. The van der Waals surface area contributed by atoms with Gasteiger partial charge in [-0.05, 0) is 36.4 Å². The molecule has 0 fully saturated rings. The van der Waals surface area contributed by atoms with Crippen molar-refractivity contribution < 1.29 is 9.90 Å². The van der Waals surface area contributed by atoms with Crippen LogP contribution in [0.15, 0.2) is 61.3 Å². The van der Waals surface area contributed by atoms with Crippen molar-refractivity contribution in [3.05, 3.63) is 66.9 Å². The molecule has 0 saturated heterocycles. The molecule has 0 aliphatic rings. The van der Waals surface area contributed by atoms with E-state index in [0.717, 1.165) is 11.3 Å². The highest BCUT2D eigenvalue weighted by molar-refractivity contribution is 5.87. The molecule has 0 amide bonds. The van der Waals surface area contributed by atoms with Crippen LogP contribution in [0.4, 0.5) is 0 Å². The Hall–Kier alpha value is -3.48. The van der Waals surface area contributed by atoms with E-state index < -0.39 is 5.97 Å². The van der Waals surface area contributed by atoms with Crippen LogP contribution in [-0.2, 0) is 0 Å². The fraction of sp³-hybridized carbons (Fsp3) is 0. The highest BCUT2D eigenvalue weighted by Crippen LogP contribution is 2.19. The van der Waals surface area contributed by atoms with Crippen LogP contribution in [0.25, 0.3) is 22.7 Å². The van der Waals surface area contributed by atoms with Gasteiger partial charge in [-0.3, -0.25) is 0 Å². The van der Waals surface area contributed by atoms with E-state index in [-0.39, 0.29) is 5.56 Å². The third-order valence-corrected chi connectivity index (χ3v) is 3.51. The zero-order valence-corrected chi connectivity index (χ0v) is 11.9. The van der Waals surface area contributed by atoms with Gasteiger partial charge in [0.2, 0.25) is 0 Å². The minimum Gasteiger partial charge on any atom is -0.478 e. The molecule has 3 heterocycles. The maximum Gasteiger partial charge on any atom is 0.337 e. The second kappa shape index (κ2) is 5.06. The van der Waals surface area contributed by atoms with Gasteiger partial charge in [-0.15, -0.1) is 5.10 Å². The predicted molar refractivity (Wildman–Crippen MR) is 82.5 cm³/mol. The van der Waals surface area contributed by atoms with Crippen LogP contribution in [-0.4, -0.2) is 35.2 Å². The molecule has 7 heteroatoms. The number of nitrogens with zero attached hydrogens (tertiary/aromatic N) is 5. The fourth-order valence-electron chi connectivity index (χ4n) is 2.33. The second-order valence-electron chi connectivity index (χ2n) is 4.98. The van der Waals surface area contributed by atoms with Gasteiger partial charge in [-0.2, -0.15) is 0 Å². The zero-order valence-electron chi connectivity index (χ0n) is 11.9. The van der Waals surface area contributed by atoms with Crippen molar-refractivity contribution in [2.24, 2.45) is 0 Å². The van der Waals surface area contributed by atoms with E-state index in [1.54, 1.807) is 18.6 Å². The molecule has 4 aromatic rings. The van der Waals surface area contributed by atoms with Gasteiger partial charge in [0.05, 0.1) is 11.9 Å². The standard InChI is InChI=1S/C16H11N5O2/c22-16(23)12-3-6-14-18-15(19-21(14)9-12)11-1-4-13(5-2-11)20-8-7-17-10-20/h1-10H,(H,22,23). The van der Waals surface area contributed by atoms with E-state index in [0.29, 0.717) is 11.5 Å². The molecule has 0 bridgehead atoms. The van der Waals surface area contributed by atoms with Crippen molar-refractivity contribution in [1.82, 2.24) is 24.1 Å². The molecule has 0 unspecified atom stereocenters. The lowest BCUT2D eigenvalue weighted by molar-refractivity contribution is 0.0696. The van der Waals surface area contributed by atoms with Crippen LogP contribution in [0.5, 0.6) is 0 Å². The summed E-state index contributed by atoms with van der Waals surface area (Å²) >= 11 is 0. The van der Waals surface area contributed by atoms with Gasteiger partial charge in [0.15, 0.2) is 11.5 Å². The maximum absolute atomic E-state index is 11.0. The number of hydrogen-bond acceptors (Lipinski definition) is 4.